The number of rotatable bonds is 5. The standard InChI is InChI=1S/C16H19F3N2O5S/c1-26-8-7-21(11-6-9-27(24,25)10-11)15(23)14(22)20-13-5-3-2-4-12(13)16(17,18)19/h2-5,11H,6-10H2,1H3,(H,20,22). The first kappa shape index (κ1) is 21.2. The van der Waals surface area contributed by atoms with E-state index in [1.165, 1.54) is 13.2 Å². The Morgan fingerprint density at radius 1 is 1.30 bits per heavy atom. The van der Waals surface area contributed by atoms with Crippen molar-refractivity contribution in [1.82, 2.24) is 4.90 Å². The lowest BCUT2D eigenvalue weighted by atomic mass is 10.1. The molecule has 1 aromatic carbocycles. The molecule has 0 saturated carbocycles. The molecule has 150 valence electrons. The number of hydrogen-bond donors (Lipinski definition) is 1. The van der Waals surface area contributed by atoms with Gasteiger partial charge in [-0.05, 0) is 18.6 Å². The average molecular weight is 408 g/mol. The van der Waals surface area contributed by atoms with E-state index in [4.69, 9.17) is 4.74 Å². The third-order valence-electron chi connectivity index (χ3n) is 4.12. The van der Waals surface area contributed by atoms with Crippen molar-refractivity contribution in [2.24, 2.45) is 0 Å². The van der Waals surface area contributed by atoms with Gasteiger partial charge >= 0.3 is 18.0 Å². The van der Waals surface area contributed by atoms with Crippen LogP contribution < -0.4 is 5.32 Å². The van der Waals surface area contributed by atoms with Crippen LogP contribution in [0.4, 0.5) is 18.9 Å². The third-order valence-corrected chi connectivity index (χ3v) is 5.87. The van der Waals surface area contributed by atoms with Crippen LogP contribution in [0.25, 0.3) is 0 Å². The minimum absolute atomic E-state index is 0.0503. The molecule has 7 nitrogen and oxygen atoms in total. The smallest absolute Gasteiger partial charge is 0.383 e. The van der Waals surface area contributed by atoms with E-state index in [9.17, 15) is 31.2 Å². The molecule has 1 aliphatic heterocycles. The number of ether oxygens (including phenoxy) is 1. The molecule has 0 spiro atoms. The Balaban J connectivity index is 2.19. The summed E-state index contributed by atoms with van der Waals surface area (Å²) in [5, 5.41) is 1.98. The van der Waals surface area contributed by atoms with E-state index < -0.39 is 45.1 Å². The van der Waals surface area contributed by atoms with Gasteiger partial charge in [-0.25, -0.2) is 8.42 Å². The molecule has 27 heavy (non-hydrogen) atoms. The summed E-state index contributed by atoms with van der Waals surface area (Å²) in [6.07, 6.45) is -4.55. The second-order valence-corrected chi connectivity index (χ2v) is 8.27. The average Bonchev–Trinajstić information content (AvgIpc) is 2.94. The SMILES string of the molecule is COCCN(C(=O)C(=O)Nc1ccccc1C(F)(F)F)C1CCS(=O)(=O)C1. The van der Waals surface area contributed by atoms with Crippen LogP contribution in [-0.2, 0) is 30.3 Å². The number of para-hydroxylation sites is 1. The molecule has 1 fully saturated rings. The summed E-state index contributed by atoms with van der Waals surface area (Å²) in [4.78, 5) is 25.8. The van der Waals surface area contributed by atoms with E-state index in [0.29, 0.717) is 0 Å². The molecule has 1 aromatic rings. The number of sulfone groups is 1. The monoisotopic (exact) mass is 408 g/mol. The fraction of sp³-hybridized carbons (Fsp3) is 0.500. The Kier molecular flexibility index (Phi) is 6.47. The fourth-order valence-corrected chi connectivity index (χ4v) is 4.54. The van der Waals surface area contributed by atoms with Crippen LogP contribution in [0.3, 0.4) is 0 Å². The molecule has 0 bridgehead atoms. The lowest BCUT2D eigenvalue weighted by molar-refractivity contribution is -0.145. The highest BCUT2D eigenvalue weighted by atomic mass is 32.2. The maximum atomic E-state index is 13.0. The topological polar surface area (TPSA) is 92.8 Å². The first-order chi connectivity index (χ1) is 12.5. The lowest BCUT2D eigenvalue weighted by Gasteiger charge is -2.27. The summed E-state index contributed by atoms with van der Waals surface area (Å²) in [5.74, 6) is -2.79. The van der Waals surface area contributed by atoms with Crippen LogP contribution >= 0.6 is 0 Å². The van der Waals surface area contributed by atoms with Gasteiger partial charge in [0, 0.05) is 19.7 Å². The number of halogens is 3. The number of alkyl halides is 3. The van der Waals surface area contributed by atoms with Crippen LogP contribution in [0.1, 0.15) is 12.0 Å². The molecule has 1 unspecified atom stereocenters. The van der Waals surface area contributed by atoms with Gasteiger partial charge in [-0.15, -0.1) is 0 Å². The summed E-state index contributed by atoms with van der Waals surface area (Å²) in [5.41, 5.74) is -1.63. The van der Waals surface area contributed by atoms with Gasteiger partial charge in [-0.2, -0.15) is 13.2 Å². The van der Waals surface area contributed by atoms with Crippen LogP contribution in [-0.4, -0.2) is 62.9 Å². The molecule has 0 aromatic heterocycles. The molecule has 11 heteroatoms. The number of anilines is 1. The first-order valence-electron chi connectivity index (χ1n) is 8.02. The van der Waals surface area contributed by atoms with Gasteiger partial charge in [0.15, 0.2) is 9.84 Å². The van der Waals surface area contributed by atoms with E-state index in [1.807, 2.05) is 5.32 Å². The molecular formula is C16H19F3N2O5S. The second-order valence-electron chi connectivity index (χ2n) is 6.05. The summed E-state index contributed by atoms with van der Waals surface area (Å²) in [7, 11) is -1.96. The Morgan fingerprint density at radius 2 is 1.96 bits per heavy atom. The highest BCUT2D eigenvalue weighted by Crippen LogP contribution is 2.34. The van der Waals surface area contributed by atoms with Crippen molar-refractivity contribution in [2.45, 2.75) is 18.6 Å². The van der Waals surface area contributed by atoms with E-state index in [2.05, 4.69) is 0 Å². The normalized spacial score (nSPS) is 18.9. The number of methoxy groups -OCH3 is 1. The number of hydrogen-bond acceptors (Lipinski definition) is 5. The Bertz CT molecular complexity index is 811. The highest BCUT2D eigenvalue weighted by Gasteiger charge is 2.38. The van der Waals surface area contributed by atoms with Crippen LogP contribution in [0, 0.1) is 0 Å². The van der Waals surface area contributed by atoms with Gasteiger partial charge in [0.2, 0.25) is 0 Å². The minimum atomic E-state index is -4.71. The molecule has 0 radical (unpaired) electrons. The van der Waals surface area contributed by atoms with Crippen LogP contribution in [0.15, 0.2) is 24.3 Å². The number of nitrogens with zero attached hydrogens (tertiary/aromatic N) is 1. The molecule has 1 saturated heterocycles. The largest absolute Gasteiger partial charge is 0.418 e. The van der Waals surface area contributed by atoms with Crippen molar-refractivity contribution in [3.63, 3.8) is 0 Å². The number of nitrogens with one attached hydrogen (secondary N) is 1. The minimum Gasteiger partial charge on any atom is -0.383 e. The fourth-order valence-electron chi connectivity index (χ4n) is 2.81. The molecule has 1 N–H and O–H groups in total. The summed E-state index contributed by atoms with van der Waals surface area (Å²) in [6, 6.07) is 3.55. The zero-order valence-electron chi connectivity index (χ0n) is 14.5. The van der Waals surface area contributed by atoms with Crippen molar-refractivity contribution < 1.29 is 35.9 Å². The third kappa shape index (κ3) is 5.42. The van der Waals surface area contributed by atoms with Crippen molar-refractivity contribution in [1.29, 1.82) is 0 Å². The lowest BCUT2D eigenvalue weighted by Crippen LogP contribution is -2.48. The first-order valence-corrected chi connectivity index (χ1v) is 9.85. The molecule has 0 aliphatic carbocycles. The van der Waals surface area contributed by atoms with Gasteiger partial charge in [-0.3, -0.25) is 9.59 Å². The van der Waals surface area contributed by atoms with Crippen molar-refractivity contribution in [3.05, 3.63) is 29.8 Å². The molecule has 2 amide bonds. The van der Waals surface area contributed by atoms with E-state index in [0.717, 1.165) is 23.1 Å². The summed E-state index contributed by atoms with van der Waals surface area (Å²) < 4.78 is 67.3. The summed E-state index contributed by atoms with van der Waals surface area (Å²) >= 11 is 0. The Labute approximate surface area is 154 Å². The Hall–Kier alpha value is -2.14. The molecule has 1 aliphatic rings. The quantitative estimate of drug-likeness (QED) is 0.742. The molecular weight excluding hydrogens is 389 g/mol. The van der Waals surface area contributed by atoms with Gasteiger partial charge < -0.3 is 15.0 Å². The highest BCUT2D eigenvalue weighted by molar-refractivity contribution is 7.91. The second kappa shape index (κ2) is 8.26. The van der Waals surface area contributed by atoms with Crippen LogP contribution in [0.5, 0.6) is 0 Å². The predicted molar refractivity (Wildman–Crippen MR) is 90.7 cm³/mol. The molecule has 1 heterocycles. The van der Waals surface area contributed by atoms with Crippen molar-refractivity contribution >= 4 is 27.3 Å². The predicted octanol–water partition coefficient (Wildman–Crippen LogP) is 1.31. The maximum Gasteiger partial charge on any atom is 0.418 e. The van der Waals surface area contributed by atoms with Crippen molar-refractivity contribution in [2.75, 3.05) is 37.1 Å². The van der Waals surface area contributed by atoms with Crippen LogP contribution in [0.2, 0.25) is 0 Å². The van der Waals surface area contributed by atoms with Gasteiger partial charge in [0.25, 0.3) is 0 Å². The van der Waals surface area contributed by atoms with Crippen molar-refractivity contribution in [3.8, 4) is 0 Å². The Morgan fingerprint density at radius 3 is 2.52 bits per heavy atom. The summed E-state index contributed by atoms with van der Waals surface area (Å²) in [6.45, 7) is -0.00143. The zero-order valence-corrected chi connectivity index (χ0v) is 15.3. The van der Waals surface area contributed by atoms with E-state index in [-0.39, 0.29) is 31.1 Å². The number of benzene rings is 1. The molecule has 2 rings (SSSR count). The number of carbonyl (C=O) groups excluding carboxylic acids is 2. The number of carbonyl (C=O) groups is 2. The van der Waals surface area contributed by atoms with E-state index in [1.54, 1.807) is 0 Å². The molecule has 1 atom stereocenters. The number of amides is 2. The maximum absolute atomic E-state index is 13.0. The van der Waals surface area contributed by atoms with E-state index >= 15 is 0 Å². The van der Waals surface area contributed by atoms with Gasteiger partial charge in [-0.1, -0.05) is 12.1 Å². The van der Waals surface area contributed by atoms with Gasteiger partial charge in [0.05, 0.1) is 29.4 Å². The van der Waals surface area contributed by atoms with Gasteiger partial charge in [0.1, 0.15) is 0 Å². The zero-order chi connectivity index (χ0) is 20.2.